The summed E-state index contributed by atoms with van der Waals surface area (Å²) in [6.45, 7) is 0. The molecule has 3 nitrogen and oxygen atoms in total. The Labute approximate surface area is 123 Å². The van der Waals surface area contributed by atoms with Gasteiger partial charge in [-0.1, -0.05) is 23.7 Å². The number of carbonyl (C=O) groups is 1. The van der Waals surface area contributed by atoms with E-state index in [1.165, 1.54) is 4.90 Å². The number of amidine groups is 1. The molecule has 1 amide bonds. The van der Waals surface area contributed by atoms with E-state index in [2.05, 4.69) is 20.9 Å². The lowest BCUT2D eigenvalue weighted by molar-refractivity contribution is -0.120. The molecule has 2 aliphatic rings. The van der Waals surface area contributed by atoms with Crippen LogP contribution in [0, 0.1) is 0 Å². The molecule has 0 bridgehead atoms. The summed E-state index contributed by atoms with van der Waals surface area (Å²) in [6, 6.07) is 7.26. The van der Waals surface area contributed by atoms with Crippen LogP contribution in [0.1, 0.15) is 5.56 Å². The van der Waals surface area contributed by atoms with E-state index in [0.29, 0.717) is 16.6 Å². The summed E-state index contributed by atoms with van der Waals surface area (Å²) in [6.07, 6.45) is 7.11. The highest BCUT2D eigenvalue weighted by atomic mass is 79.9. The van der Waals surface area contributed by atoms with Gasteiger partial charge in [-0.2, -0.15) is 0 Å². The van der Waals surface area contributed by atoms with Gasteiger partial charge in [0.1, 0.15) is 11.5 Å². The summed E-state index contributed by atoms with van der Waals surface area (Å²) in [5.41, 5.74) is 1.31. The van der Waals surface area contributed by atoms with Gasteiger partial charge >= 0.3 is 0 Å². The van der Waals surface area contributed by atoms with Gasteiger partial charge in [-0.15, -0.1) is 0 Å². The highest BCUT2D eigenvalue weighted by molar-refractivity contribution is 9.11. The summed E-state index contributed by atoms with van der Waals surface area (Å²) < 4.78 is 0.840. The van der Waals surface area contributed by atoms with Crippen LogP contribution in [0.25, 0.3) is 6.08 Å². The fourth-order valence-corrected chi connectivity index (χ4v) is 2.29. The van der Waals surface area contributed by atoms with Gasteiger partial charge in [-0.25, -0.2) is 4.99 Å². The molecule has 94 valence electrons. The van der Waals surface area contributed by atoms with Crippen LogP contribution in [0.4, 0.5) is 0 Å². The topological polar surface area (TPSA) is 32.7 Å². The summed E-state index contributed by atoms with van der Waals surface area (Å²) >= 11 is 9.17. The summed E-state index contributed by atoms with van der Waals surface area (Å²) in [4.78, 5) is 18.0. The first-order valence-electron chi connectivity index (χ1n) is 5.58. The quantitative estimate of drug-likeness (QED) is 0.720. The number of benzene rings is 1. The zero-order valence-corrected chi connectivity index (χ0v) is 12.0. The molecule has 2 aliphatic heterocycles. The second-order valence-electron chi connectivity index (χ2n) is 4.07. The molecule has 2 heterocycles. The van der Waals surface area contributed by atoms with Gasteiger partial charge in [0.2, 0.25) is 0 Å². The first-order chi connectivity index (χ1) is 9.13. The monoisotopic (exact) mass is 334 g/mol. The lowest BCUT2D eigenvalue weighted by Crippen LogP contribution is -2.27. The molecule has 0 aromatic heterocycles. The Balaban J connectivity index is 1.96. The third-order valence-corrected chi connectivity index (χ3v) is 3.46. The van der Waals surface area contributed by atoms with Crippen LogP contribution in [0.5, 0.6) is 0 Å². The van der Waals surface area contributed by atoms with E-state index in [0.717, 1.165) is 10.0 Å². The molecule has 19 heavy (non-hydrogen) atoms. The normalized spacial score (nSPS) is 19.6. The van der Waals surface area contributed by atoms with Gasteiger partial charge in [0.05, 0.1) is 0 Å². The Kier molecular flexibility index (Phi) is 3.12. The molecule has 1 aromatic rings. The van der Waals surface area contributed by atoms with E-state index in [1.807, 2.05) is 18.2 Å². The van der Waals surface area contributed by atoms with Crippen LogP contribution < -0.4 is 0 Å². The Morgan fingerprint density at radius 2 is 1.95 bits per heavy atom. The standard InChI is InChI=1S/C14H8BrClN2O/c15-10-3-6-13-17-12(14(19)18(13)8-10)7-9-1-4-11(16)5-2-9/h1-8H/b12-7+. The van der Waals surface area contributed by atoms with Crippen LogP contribution >= 0.6 is 27.5 Å². The van der Waals surface area contributed by atoms with Crippen molar-refractivity contribution in [3.8, 4) is 0 Å². The predicted molar refractivity (Wildman–Crippen MR) is 79.9 cm³/mol. The van der Waals surface area contributed by atoms with Crippen LogP contribution in [-0.4, -0.2) is 16.6 Å². The molecule has 1 aromatic carbocycles. The second kappa shape index (κ2) is 4.79. The van der Waals surface area contributed by atoms with E-state index in [1.54, 1.807) is 30.5 Å². The van der Waals surface area contributed by atoms with Crippen molar-refractivity contribution in [2.75, 3.05) is 0 Å². The molecule has 0 aliphatic carbocycles. The van der Waals surface area contributed by atoms with E-state index >= 15 is 0 Å². The van der Waals surface area contributed by atoms with Crippen LogP contribution in [-0.2, 0) is 4.79 Å². The lowest BCUT2D eigenvalue weighted by Gasteiger charge is -2.13. The molecule has 0 saturated heterocycles. The molecular weight excluding hydrogens is 328 g/mol. The Morgan fingerprint density at radius 3 is 2.68 bits per heavy atom. The molecule has 0 fully saturated rings. The predicted octanol–water partition coefficient (Wildman–Crippen LogP) is 3.73. The van der Waals surface area contributed by atoms with Gasteiger partial charge in [0, 0.05) is 15.7 Å². The zero-order valence-electron chi connectivity index (χ0n) is 9.68. The molecule has 0 unspecified atom stereocenters. The van der Waals surface area contributed by atoms with Crippen molar-refractivity contribution in [1.29, 1.82) is 0 Å². The van der Waals surface area contributed by atoms with Crippen molar-refractivity contribution in [1.82, 2.24) is 4.90 Å². The SMILES string of the molecule is O=C1/C(=C\c2ccc(Cl)cc2)N=C2C=CC(Br)=CN12. The van der Waals surface area contributed by atoms with Crippen molar-refractivity contribution in [2.45, 2.75) is 0 Å². The third kappa shape index (κ3) is 2.41. The van der Waals surface area contributed by atoms with Crippen molar-refractivity contribution in [3.05, 3.63) is 63.4 Å². The van der Waals surface area contributed by atoms with Crippen molar-refractivity contribution in [3.63, 3.8) is 0 Å². The molecule has 0 N–H and O–H groups in total. The van der Waals surface area contributed by atoms with Crippen LogP contribution in [0.3, 0.4) is 0 Å². The van der Waals surface area contributed by atoms with Gasteiger partial charge < -0.3 is 0 Å². The largest absolute Gasteiger partial charge is 0.282 e. The molecule has 0 radical (unpaired) electrons. The number of aliphatic imine (C=N–C) groups is 1. The number of nitrogens with zero attached hydrogens (tertiary/aromatic N) is 2. The third-order valence-electron chi connectivity index (χ3n) is 2.74. The van der Waals surface area contributed by atoms with Crippen molar-refractivity contribution in [2.24, 2.45) is 4.99 Å². The summed E-state index contributed by atoms with van der Waals surface area (Å²) in [7, 11) is 0. The maximum atomic E-state index is 12.2. The Morgan fingerprint density at radius 1 is 1.21 bits per heavy atom. The fourth-order valence-electron chi connectivity index (χ4n) is 1.83. The smallest absolute Gasteiger partial charge is 0.266 e. The number of hydrogen-bond acceptors (Lipinski definition) is 2. The molecule has 0 atom stereocenters. The van der Waals surface area contributed by atoms with Gasteiger partial charge in [-0.05, 0) is 51.9 Å². The Bertz CT molecular complexity index is 671. The molecule has 5 heteroatoms. The first kappa shape index (κ1) is 12.4. The van der Waals surface area contributed by atoms with Crippen LogP contribution in [0.15, 0.2) is 57.8 Å². The first-order valence-corrected chi connectivity index (χ1v) is 6.75. The average Bonchev–Trinajstić information content (AvgIpc) is 2.70. The van der Waals surface area contributed by atoms with Gasteiger partial charge in [-0.3, -0.25) is 9.69 Å². The average molecular weight is 336 g/mol. The summed E-state index contributed by atoms with van der Waals surface area (Å²) in [5, 5.41) is 0.665. The minimum Gasteiger partial charge on any atom is -0.266 e. The van der Waals surface area contributed by atoms with Crippen LogP contribution in [0.2, 0.25) is 5.02 Å². The van der Waals surface area contributed by atoms with E-state index < -0.39 is 0 Å². The van der Waals surface area contributed by atoms with Crippen molar-refractivity contribution < 1.29 is 4.79 Å². The summed E-state index contributed by atoms with van der Waals surface area (Å²) in [5.74, 6) is 0.500. The minimum atomic E-state index is -0.133. The van der Waals surface area contributed by atoms with Gasteiger partial charge in [0.25, 0.3) is 5.91 Å². The number of carbonyl (C=O) groups excluding carboxylic acids is 1. The highest BCUT2D eigenvalue weighted by Crippen LogP contribution is 2.25. The number of rotatable bonds is 1. The number of halogens is 2. The maximum Gasteiger partial charge on any atom is 0.282 e. The Hall–Kier alpha value is -1.65. The highest BCUT2D eigenvalue weighted by Gasteiger charge is 2.28. The molecule has 0 spiro atoms. The van der Waals surface area contributed by atoms with E-state index in [9.17, 15) is 4.79 Å². The lowest BCUT2D eigenvalue weighted by atomic mass is 10.2. The van der Waals surface area contributed by atoms with Gasteiger partial charge in [0.15, 0.2) is 0 Å². The maximum absolute atomic E-state index is 12.2. The fraction of sp³-hybridized carbons (Fsp3) is 0. The van der Waals surface area contributed by atoms with E-state index in [4.69, 9.17) is 11.6 Å². The molecule has 3 rings (SSSR count). The van der Waals surface area contributed by atoms with Crippen molar-refractivity contribution >= 4 is 45.3 Å². The second-order valence-corrected chi connectivity index (χ2v) is 5.43. The molecule has 0 saturated carbocycles. The number of hydrogen-bond donors (Lipinski definition) is 0. The number of fused-ring (bicyclic) bond motifs is 1. The van der Waals surface area contributed by atoms with E-state index in [-0.39, 0.29) is 5.91 Å². The minimum absolute atomic E-state index is 0.133. The number of allylic oxidation sites excluding steroid dienone is 2. The zero-order chi connectivity index (χ0) is 13.4. The molecular formula is C14H8BrClN2O. The number of amides is 1.